The summed E-state index contributed by atoms with van der Waals surface area (Å²) in [5.41, 5.74) is -0.0896. The molecular formula is C15H16F3NS. The Labute approximate surface area is 120 Å². The summed E-state index contributed by atoms with van der Waals surface area (Å²) in [5.74, 6) is -2.57. The molecule has 1 heterocycles. The highest BCUT2D eigenvalue weighted by atomic mass is 32.1. The summed E-state index contributed by atoms with van der Waals surface area (Å²) in [4.78, 5) is 1.03. The van der Waals surface area contributed by atoms with Gasteiger partial charge in [-0.15, -0.1) is 11.3 Å². The Bertz CT molecular complexity index is 531. The van der Waals surface area contributed by atoms with Crippen LogP contribution in [0.15, 0.2) is 29.6 Å². The van der Waals surface area contributed by atoms with Crippen LogP contribution >= 0.6 is 11.3 Å². The number of rotatable bonds is 6. The first kappa shape index (κ1) is 15.1. The number of hydrogen-bond acceptors (Lipinski definition) is 2. The molecule has 5 heteroatoms. The molecule has 0 aliphatic heterocycles. The summed E-state index contributed by atoms with van der Waals surface area (Å²) < 4.78 is 40.8. The Balaban J connectivity index is 2.30. The summed E-state index contributed by atoms with van der Waals surface area (Å²) in [6.45, 7) is 2.62. The summed E-state index contributed by atoms with van der Waals surface area (Å²) in [7, 11) is 0. The van der Waals surface area contributed by atoms with E-state index in [2.05, 4.69) is 5.32 Å². The molecule has 1 nitrogen and oxygen atoms in total. The van der Waals surface area contributed by atoms with Gasteiger partial charge in [-0.25, -0.2) is 13.2 Å². The van der Waals surface area contributed by atoms with E-state index in [-0.39, 0.29) is 5.56 Å². The lowest BCUT2D eigenvalue weighted by molar-refractivity contribution is 0.456. The Morgan fingerprint density at radius 1 is 1.20 bits per heavy atom. The lowest BCUT2D eigenvalue weighted by Gasteiger charge is -2.19. The number of nitrogens with one attached hydrogen (secondary N) is 1. The molecule has 1 N–H and O–H groups in total. The maximum absolute atomic E-state index is 13.9. The minimum absolute atomic E-state index is 0.0896. The van der Waals surface area contributed by atoms with E-state index >= 15 is 0 Å². The van der Waals surface area contributed by atoms with Gasteiger partial charge in [0.1, 0.15) is 17.5 Å². The van der Waals surface area contributed by atoms with Crippen LogP contribution in [0.25, 0.3) is 0 Å². The first-order chi connectivity index (χ1) is 9.61. The van der Waals surface area contributed by atoms with Crippen LogP contribution in [0.2, 0.25) is 0 Å². The van der Waals surface area contributed by atoms with Crippen LogP contribution in [0, 0.1) is 17.5 Å². The van der Waals surface area contributed by atoms with Crippen molar-refractivity contribution in [2.24, 2.45) is 0 Å². The van der Waals surface area contributed by atoms with Gasteiger partial charge in [-0.2, -0.15) is 0 Å². The van der Waals surface area contributed by atoms with Crippen molar-refractivity contribution in [1.82, 2.24) is 5.32 Å². The van der Waals surface area contributed by atoms with E-state index in [1.165, 1.54) is 11.3 Å². The average molecular weight is 299 g/mol. The quantitative estimate of drug-likeness (QED) is 0.831. The third-order valence-corrected chi connectivity index (χ3v) is 3.92. The topological polar surface area (TPSA) is 12.0 Å². The van der Waals surface area contributed by atoms with E-state index < -0.39 is 23.5 Å². The van der Waals surface area contributed by atoms with Gasteiger partial charge in [0.15, 0.2) is 0 Å². The molecule has 0 fully saturated rings. The molecule has 1 unspecified atom stereocenters. The molecule has 1 aromatic carbocycles. The minimum Gasteiger partial charge on any atom is -0.309 e. The van der Waals surface area contributed by atoms with Crippen LogP contribution in [-0.4, -0.2) is 6.54 Å². The van der Waals surface area contributed by atoms with Gasteiger partial charge in [0.05, 0.1) is 0 Å². The number of benzene rings is 1. The van der Waals surface area contributed by atoms with Gasteiger partial charge in [-0.1, -0.05) is 13.0 Å². The fourth-order valence-corrected chi connectivity index (χ4v) is 2.86. The summed E-state index contributed by atoms with van der Waals surface area (Å²) in [6, 6.07) is 4.79. The third-order valence-electron chi connectivity index (χ3n) is 3.02. The summed E-state index contributed by atoms with van der Waals surface area (Å²) in [5, 5.41) is 5.05. The van der Waals surface area contributed by atoms with E-state index in [0.29, 0.717) is 13.0 Å². The molecule has 0 radical (unpaired) electrons. The van der Waals surface area contributed by atoms with Gasteiger partial charge in [0.25, 0.3) is 0 Å². The highest BCUT2D eigenvalue weighted by Crippen LogP contribution is 2.26. The monoisotopic (exact) mass is 299 g/mol. The lowest BCUT2D eigenvalue weighted by atomic mass is 10.0. The largest absolute Gasteiger partial charge is 0.309 e. The van der Waals surface area contributed by atoms with Gasteiger partial charge in [0, 0.05) is 35.0 Å². The molecule has 2 aromatic rings. The zero-order valence-electron chi connectivity index (χ0n) is 11.1. The molecule has 1 atom stereocenters. The van der Waals surface area contributed by atoms with E-state index in [1.54, 1.807) is 0 Å². The second kappa shape index (κ2) is 6.90. The first-order valence-electron chi connectivity index (χ1n) is 6.52. The van der Waals surface area contributed by atoms with E-state index in [1.807, 2.05) is 24.4 Å². The van der Waals surface area contributed by atoms with Crippen molar-refractivity contribution >= 4 is 11.3 Å². The Kier molecular flexibility index (Phi) is 5.20. The standard InChI is InChI=1S/C15H16F3NS/c1-2-5-19-14(9-11-4-3-6-20-11)15-12(17)7-10(16)8-13(15)18/h3-4,6-8,14,19H,2,5,9H2,1H3. The van der Waals surface area contributed by atoms with Crippen LogP contribution < -0.4 is 5.32 Å². The van der Waals surface area contributed by atoms with Gasteiger partial charge < -0.3 is 5.32 Å². The molecule has 0 saturated heterocycles. The van der Waals surface area contributed by atoms with Crippen molar-refractivity contribution < 1.29 is 13.2 Å². The van der Waals surface area contributed by atoms with Crippen LogP contribution in [0.1, 0.15) is 29.8 Å². The predicted octanol–water partition coefficient (Wildman–Crippen LogP) is 4.45. The van der Waals surface area contributed by atoms with E-state index in [9.17, 15) is 13.2 Å². The van der Waals surface area contributed by atoms with E-state index in [0.717, 1.165) is 23.4 Å². The smallest absolute Gasteiger partial charge is 0.133 e. The molecule has 0 spiro atoms. The average Bonchev–Trinajstić information content (AvgIpc) is 2.87. The molecule has 1 aromatic heterocycles. The maximum atomic E-state index is 13.9. The lowest BCUT2D eigenvalue weighted by Crippen LogP contribution is -2.26. The highest BCUT2D eigenvalue weighted by Gasteiger charge is 2.21. The van der Waals surface area contributed by atoms with Crippen LogP contribution in [0.3, 0.4) is 0 Å². The molecule has 0 aliphatic rings. The molecule has 0 bridgehead atoms. The molecular weight excluding hydrogens is 283 g/mol. The van der Waals surface area contributed by atoms with Gasteiger partial charge >= 0.3 is 0 Å². The molecule has 0 saturated carbocycles. The second-order valence-corrected chi connectivity index (χ2v) is 5.61. The predicted molar refractivity (Wildman–Crippen MR) is 75.4 cm³/mol. The Morgan fingerprint density at radius 3 is 2.45 bits per heavy atom. The number of halogens is 3. The summed E-state index contributed by atoms with van der Waals surface area (Å²) >= 11 is 1.54. The molecule has 0 amide bonds. The van der Waals surface area contributed by atoms with Crippen molar-refractivity contribution in [2.75, 3.05) is 6.54 Å². The summed E-state index contributed by atoms with van der Waals surface area (Å²) in [6.07, 6.45) is 1.34. The molecule has 2 rings (SSSR count). The van der Waals surface area contributed by atoms with Crippen molar-refractivity contribution in [1.29, 1.82) is 0 Å². The highest BCUT2D eigenvalue weighted by molar-refractivity contribution is 7.09. The SMILES string of the molecule is CCCNC(Cc1cccs1)c1c(F)cc(F)cc1F. The molecule has 0 aliphatic carbocycles. The van der Waals surface area contributed by atoms with Gasteiger partial charge in [-0.3, -0.25) is 0 Å². The van der Waals surface area contributed by atoms with Crippen molar-refractivity contribution in [3.05, 3.63) is 57.5 Å². The Hall–Kier alpha value is -1.33. The second-order valence-electron chi connectivity index (χ2n) is 4.57. The minimum atomic E-state index is -0.894. The molecule has 108 valence electrons. The third kappa shape index (κ3) is 3.61. The van der Waals surface area contributed by atoms with E-state index in [4.69, 9.17) is 0 Å². The van der Waals surface area contributed by atoms with Gasteiger partial charge in [-0.05, 0) is 24.4 Å². The van der Waals surface area contributed by atoms with Crippen molar-refractivity contribution in [3.63, 3.8) is 0 Å². The van der Waals surface area contributed by atoms with Crippen molar-refractivity contribution in [2.45, 2.75) is 25.8 Å². The fraction of sp³-hybridized carbons (Fsp3) is 0.333. The first-order valence-corrected chi connectivity index (χ1v) is 7.40. The Morgan fingerprint density at radius 2 is 1.90 bits per heavy atom. The number of hydrogen-bond donors (Lipinski definition) is 1. The zero-order valence-corrected chi connectivity index (χ0v) is 11.9. The van der Waals surface area contributed by atoms with Crippen LogP contribution in [0.4, 0.5) is 13.2 Å². The van der Waals surface area contributed by atoms with Crippen LogP contribution in [0.5, 0.6) is 0 Å². The van der Waals surface area contributed by atoms with Crippen LogP contribution in [-0.2, 0) is 6.42 Å². The number of thiophene rings is 1. The zero-order chi connectivity index (χ0) is 14.5. The fourth-order valence-electron chi connectivity index (χ4n) is 2.11. The van der Waals surface area contributed by atoms with Gasteiger partial charge in [0.2, 0.25) is 0 Å². The molecule has 20 heavy (non-hydrogen) atoms. The maximum Gasteiger partial charge on any atom is 0.133 e. The normalized spacial score (nSPS) is 12.6. The van der Waals surface area contributed by atoms with Crippen molar-refractivity contribution in [3.8, 4) is 0 Å².